The Morgan fingerprint density at radius 3 is 2.45 bits per heavy atom. The molecule has 0 saturated heterocycles. The minimum atomic E-state index is -3.71. The lowest BCUT2D eigenvalue weighted by Crippen LogP contribution is -2.14. The molecule has 0 aliphatic carbocycles. The van der Waals surface area contributed by atoms with E-state index in [0.717, 1.165) is 0 Å². The van der Waals surface area contributed by atoms with Crippen molar-refractivity contribution in [3.05, 3.63) is 50.9 Å². The number of halogens is 2. The minimum Gasteiger partial charge on any atom is -0.508 e. The number of phenolic OH excluding ortho intramolecular Hbond substituents is 1. The fraction of sp³-hybridized carbons (Fsp3) is 0.0769. The third-order valence-electron chi connectivity index (χ3n) is 2.64. The topological polar surface area (TPSA) is 66.4 Å². The van der Waals surface area contributed by atoms with Crippen molar-refractivity contribution in [1.82, 2.24) is 0 Å². The van der Waals surface area contributed by atoms with Crippen LogP contribution in [-0.4, -0.2) is 13.5 Å². The molecule has 2 aromatic rings. The molecule has 0 saturated carbocycles. The third-order valence-corrected chi connectivity index (χ3v) is 5.49. The number of hydrogen-bond donors (Lipinski definition) is 2. The molecule has 2 rings (SSSR count). The molecule has 0 aliphatic heterocycles. The van der Waals surface area contributed by atoms with E-state index in [1.807, 2.05) is 0 Å². The molecule has 0 fully saturated rings. The minimum absolute atomic E-state index is 0.0917. The summed E-state index contributed by atoms with van der Waals surface area (Å²) >= 11 is 6.48. The molecule has 0 amide bonds. The van der Waals surface area contributed by atoms with E-state index in [9.17, 15) is 13.5 Å². The second-order valence-electron chi connectivity index (χ2n) is 4.18. The van der Waals surface area contributed by atoms with Crippen molar-refractivity contribution >= 4 is 47.6 Å². The van der Waals surface area contributed by atoms with Gasteiger partial charge in [-0.15, -0.1) is 0 Å². The maximum atomic E-state index is 12.4. The van der Waals surface area contributed by atoms with E-state index < -0.39 is 10.0 Å². The van der Waals surface area contributed by atoms with Gasteiger partial charge in [-0.1, -0.05) is 15.9 Å². The number of rotatable bonds is 3. The van der Waals surface area contributed by atoms with E-state index in [2.05, 4.69) is 36.6 Å². The van der Waals surface area contributed by atoms with E-state index in [4.69, 9.17) is 0 Å². The molecule has 0 atom stereocenters. The zero-order valence-corrected chi connectivity index (χ0v) is 14.4. The molecule has 0 radical (unpaired) electrons. The van der Waals surface area contributed by atoms with Crippen LogP contribution in [0.25, 0.3) is 0 Å². The van der Waals surface area contributed by atoms with Gasteiger partial charge in [0.15, 0.2) is 0 Å². The van der Waals surface area contributed by atoms with Crippen molar-refractivity contribution in [2.24, 2.45) is 0 Å². The number of nitrogens with one attached hydrogen (secondary N) is 1. The van der Waals surface area contributed by atoms with Gasteiger partial charge in [0.1, 0.15) is 10.6 Å². The molecule has 0 unspecified atom stereocenters. The zero-order chi connectivity index (χ0) is 14.9. The molecule has 2 aromatic carbocycles. The quantitative estimate of drug-likeness (QED) is 0.736. The zero-order valence-electron chi connectivity index (χ0n) is 10.4. The summed E-state index contributed by atoms with van der Waals surface area (Å²) in [5.74, 6) is 0.0917. The number of aryl methyl sites for hydroxylation is 1. The molecule has 0 spiro atoms. The Balaban J connectivity index is 2.43. The Hall–Kier alpha value is -1.05. The summed E-state index contributed by atoms with van der Waals surface area (Å²) in [5.41, 5.74) is 1.06. The van der Waals surface area contributed by atoms with Crippen LogP contribution in [0.1, 0.15) is 5.56 Å². The number of aromatic hydroxyl groups is 1. The first-order valence-electron chi connectivity index (χ1n) is 5.57. The van der Waals surface area contributed by atoms with Crippen LogP contribution in [0.3, 0.4) is 0 Å². The maximum Gasteiger partial charge on any atom is 0.263 e. The van der Waals surface area contributed by atoms with Gasteiger partial charge in [-0.25, -0.2) is 8.42 Å². The average Bonchev–Trinajstić information content (AvgIpc) is 2.35. The predicted octanol–water partition coefficient (Wildman–Crippen LogP) is 4.03. The van der Waals surface area contributed by atoms with Gasteiger partial charge in [0.25, 0.3) is 10.0 Å². The highest BCUT2D eigenvalue weighted by Gasteiger charge is 2.19. The Morgan fingerprint density at radius 2 is 1.80 bits per heavy atom. The van der Waals surface area contributed by atoms with E-state index in [-0.39, 0.29) is 10.6 Å². The first kappa shape index (κ1) is 15.3. The number of benzene rings is 2. The first-order chi connectivity index (χ1) is 9.29. The Labute approximate surface area is 134 Å². The molecule has 0 heterocycles. The average molecular weight is 421 g/mol. The SMILES string of the molecule is Cc1cc(O)ccc1NS(=O)(=O)c1cc(Br)ccc1Br. The van der Waals surface area contributed by atoms with Gasteiger partial charge in [-0.3, -0.25) is 4.72 Å². The van der Waals surface area contributed by atoms with E-state index in [0.29, 0.717) is 20.2 Å². The largest absolute Gasteiger partial charge is 0.508 e. The number of anilines is 1. The summed E-state index contributed by atoms with van der Waals surface area (Å²) in [7, 11) is -3.71. The van der Waals surface area contributed by atoms with Crippen LogP contribution in [0, 0.1) is 6.92 Å². The van der Waals surface area contributed by atoms with Crippen LogP contribution < -0.4 is 4.72 Å². The first-order valence-corrected chi connectivity index (χ1v) is 8.64. The van der Waals surface area contributed by atoms with Crippen LogP contribution in [0.2, 0.25) is 0 Å². The number of hydrogen-bond acceptors (Lipinski definition) is 3. The van der Waals surface area contributed by atoms with Crippen molar-refractivity contribution in [1.29, 1.82) is 0 Å². The van der Waals surface area contributed by atoms with E-state index in [1.165, 1.54) is 24.3 Å². The maximum absolute atomic E-state index is 12.4. The highest BCUT2D eigenvalue weighted by Crippen LogP contribution is 2.29. The normalized spacial score (nSPS) is 11.3. The molecule has 0 aromatic heterocycles. The molecule has 106 valence electrons. The molecule has 7 heteroatoms. The van der Waals surface area contributed by atoms with Gasteiger partial charge in [-0.2, -0.15) is 0 Å². The van der Waals surface area contributed by atoms with Gasteiger partial charge in [0.05, 0.1) is 5.69 Å². The molecular formula is C13H11Br2NO3S. The van der Waals surface area contributed by atoms with Crippen LogP contribution in [0.5, 0.6) is 5.75 Å². The Kier molecular flexibility index (Phi) is 4.41. The summed E-state index contributed by atoms with van der Waals surface area (Å²) in [6.45, 7) is 1.72. The lowest BCUT2D eigenvalue weighted by molar-refractivity contribution is 0.475. The second-order valence-corrected chi connectivity index (χ2v) is 7.60. The smallest absolute Gasteiger partial charge is 0.263 e. The van der Waals surface area contributed by atoms with Crippen molar-refractivity contribution in [3.63, 3.8) is 0 Å². The Bertz CT molecular complexity index is 760. The molecule has 20 heavy (non-hydrogen) atoms. The van der Waals surface area contributed by atoms with Crippen LogP contribution >= 0.6 is 31.9 Å². The molecule has 0 aliphatic rings. The van der Waals surface area contributed by atoms with E-state index in [1.54, 1.807) is 19.1 Å². The highest BCUT2D eigenvalue weighted by molar-refractivity contribution is 9.11. The monoisotopic (exact) mass is 419 g/mol. The van der Waals surface area contributed by atoms with Crippen molar-refractivity contribution in [2.75, 3.05) is 4.72 Å². The van der Waals surface area contributed by atoms with E-state index >= 15 is 0 Å². The van der Waals surface area contributed by atoms with Gasteiger partial charge in [-0.05, 0) is 64.8 Å². The summed E-state index contributed by atoms with van der Waals surface area (Å²) < 4.78 is 28.4. The fourth-order valence-electron chi connectivity index (χ4n) is 1.65. The molecule has 2 N–H and O–H groups in total. The van der Waals surface area contributed by atoms with Crippen LogP contribution in [0.15, 0.2) is 50.2 Å². The van der Waals surface area contributed by atoms with Crippen LogP contribution in [-0.2, 0) is 10.0 Å². The van der Waals surface area contributed by atoms with Crippen LogP contribution in [0.4, 0.5) is 5.69 Å². The fourth-order valence-corrected chi connectivity index (χ4v) is 4.28. The van der Waals surface area contributed by atoms with Gasteiger partial charge < -0.3 is 5.11 Å². The second kappa shape index (κ2) is 5.75. The van der Waals surface area contributed by atoms with Crippen molar-refractivity contribution < 1.29 is 13.5 Å². The van der Waals surface area contributed by atoms with Gasteiger partial charge >= 0.3 is 0 Å². The predicted molar refractivity (Wildman–Crippen MR) is 85.5 cm³/mol. The lowest BCUT2D eigenvalue weighted by atomic mass is 10.2. The summed E-state index contributed by atoms with van der Waals surface area (Å²) in [4.78, 5) is 0.138. The van der Waals surface area contributed by atoms with Gasteiger partial charge in [0, 0.05) is 8.95 Å². The van der Waals surface area contributed by atoms with Crippen molar-refractivity contribution in [2.45, 2.75) is 11.8 Å². The summed E-state index contributed by atoms with van der Waals surface area (Å²) in [6, 6.07) is 9.36. The van der Waals surface area contributed by atoms with Crippen molar-refractivity contribution in [3.8, 4) is 5.75 Å². The number of sulfonamides is 1. The van der Waals surface area contributed by atoms with Gasteiger partial charge in [0.2, 0.25) is 0 Å². The summed E-state index contributed by atoms with van der Waals surface area (Å²) in [6.07, 6.45) is 0. The lowest BCUT2D eigenvalue weighted by Gasteiger charge is -2.12. The number of phenols is 1. The highest BCUT2D eigenvalue weighted by atomic mass is 79.9. The molecular weight excluding hydrogens is 410 g/mol. The molecule has 0 bridgehead atoms. The molecule has 4 nitrogen and oxygen atoms in total. The summed E-state index contributed by atoms with van der Waals surface area (Å²) in [5, 5.41) is 9.34. The standard InChI is InChI=1S/C13H11Br2NO3S/c1-8-6-10(17)3-5-12(8)16-20(18,19)13-7-9(14)2-4-11(13)15/h2-7,16-17H,1H3. The third kappa shape index (κ3) is 3.34. The Morgan fingerprint density at radius 1 is 1.10 bits per heavy atom.